The van der Waals surface area contributed by atoms with E-state index in [1.807, 2.05) is 38.1 Å². The largest absolute Gasteiger partial charge is 0.370 e. The number of nitrogens with two attached hydrogens (primary N) is 2. The zero-order valence-corrected chi connectivity index (χ0v) is 56.4. The molecule has 0 saturated heterocycles. The molecular weight excluding hydrogens is 1210 g/mol. The predicted molar refractivity (Wildman–Crippen MR) is 352 cm³/mol. The van der Waals surface area contributed by atoms with Gasteiger partial charge in [-0.3, -0.25) is 77.8 Å². The summed E-state index contributed by atoms with van der Waals surface area (Å²) in [5.41, 5.74) is 9.40. The number of rotatable bonds is 25. The fourth-order valence-electron chi connectivity index (χ4n) is 10.2. The van der Waals surface area contributed by atoms with E-state index in [0.717, 1.165) is 10.9 Å². The van der Waals surface area contributed by atoms with Gasteiger partial charge in [0.2, 0.25) is 70.4 Å². The summed E-state index contributed by atoms with van der Waals surface area (Å²) < 4.78 is 0. The lowest BCUT2D eigenvalue weighted by Crippen LogP contribution is -2.62. The van der Waals surface area contributed by atoms with Crippen molar-refractivity contribution < 1.29 is 67.1 Å². The highest BCUT2D eigenvalue weighted by Crippen LogP contribution is 2.23. The molecule has 2 heterocycles. The number of fused-ring (bicyclic) bond motifs is 1. The first-order chi connectivity index (χ1) is 44.1. The van der Waals surface area contributed by atoms with Crippen LogP contribution in [0.15, 0.2) is 30.5 Å². The summed E-state index contributed by atoms with van der Waals surface area (Å²) in [5.74, 6) is -0.378. The van der Waals surface area contributed by atoms with Crippen LogP contribution < -0.4 is 64.6 Å². The molecule has 15 N–H and O–H groups in total. The van der Waals surface area contributed by atoms with Gasteiger partial charge in [0.15, 0.2) is 5.78 Å². The average Bonchev–Trinajstić information content (AvgIpc) is 1.57. The summed E-state index contributed by atoms with van der Waals surface area (Å²) in [6.07, 6.45) is 4.37. The SMILES string of the molecule is CC(=O)CN[C@]1(C)CCCCC#CC#CCCCC[C@@](C)(C(=O)NC(C)C(=O)N[C@@H](C)C(=O)NC(C)C(=O)N[C@@H](C)C(=O)C(=O)[C@H](C)NC[C@H](C)C(N)=O)NC(=O)[C@H](CC(C)C)CN[C@@H](CCC(N)=O)C(=O)C(=O)C(C)NC(=O)[C@H](Cc2c[nH]c3ccccc23)NCC1=O. The number of aromatic nitrogens is 1. The van der Waals surface area contributed by atoms with Crippen LogP contribution in [0, 0.1) is 41.4 Å². The summed E-state index contributed by atoms with van der Waals surface area (Å²) in [6.45, 7) is 17.2. The molecular formula is C67H99N13O14. The minimum atomic E-state index is -1.71. The van der Waals surface area contributed by atoms with Crippen LogP contribution >= 0.6 is 0 Å². The molecule has 0 radical (unpaired) electrons. The molecule has 0 fully saturated rings. The van der Waals surface area contributed by atoms with Gasteiger partial charge in [0.1, 0.15) is 29.4 Å². The van der Waals surface area contributed by atoms with E-state index in [1.54, 1.807) is 20.0 Å². The van der Waals surface area contributed by atoms with Crippen molar-refractivity contribution in [2.45, 2.75) is 220 Å². The van der Waals surface area contributed by atoms with E-state index in [0.29, 0.717) is 50.5 Å². The number of H-pyrrole nitrogens is 1. The number of primary amides is 2. The molecule has 0 spiro atoms. The van der Waals surface area contributed by atoms with Gasteiger partial charge in [0.05, 0.1) is 54.8 Å². The van der Waals surface area contributed by atoms with E-state index < -0.39 is 142 Å². The van der Waals surface area contributed by atoms with Crippen molar-refractivity contribution in [3.63, 3.8) is 0 Å². The Labute approximate surface area is 550 Å². The minimum absolute atomic E-state index is 0.0239. The number of amides is 8. The van der Waals surface area contributed by atoms with Crippen LogP contribution in [0.1, 0.15) is 159 Å². The number of benzene rings is 1. The third-order valence-electron chi connectivity index (χ3n) is 16.4. The zero-order valence-electron chi connectivity index (χ0n) is 56.4. The second kappa shape index (κ2) is 38.6. The Morgan fingerprint density at radius 3 is 1.82 bits per heavy atom. The van der Waals surface area contributed by atoms with Crippen molar-refractivity contribution >= 4 is 92.9 Å². The summed E-state index contributed by atoms with van der Waals surface area (Å²) in [4.78, 5) is 191. The Kier molecular flexibility index (Phi) is 32.8. The molecule has 8 amide bonds. The van der Waals surface area contributed by atoms with E-state index >= 15 is 0 Å². The van der Waals surface area contributed by atoms with Crippen LogP contribution in [0.5, 0.6) is 0 Å². The molecule has 2 aromatic rings. The maximum absolute atomic E-state index is 14.6. The van der Waals surface area contributed by atoms with Crippen molar-refractivity contribution in [3.05, 3.63) is 36.0 Å². The maximum atomic E-state index is 14.6. The molecule has 0 saturated carbocycles. The van der Waals surface area contributed by atoms with Crippen molar-refractivity contribution in [1.29, 1.82) is 0 Å². The molecule has 0 bridgehead atoms. The highest BCUT2D eigenvalue weighted by atomic mass is 16.2. The number of carbonyl (C=O) groups excluding carboxylic acids is 14. The number of para-hydroxylation sites is 1. The number of nitrogens with one attached hydrogen (secondary N) is 11. The lowest BCUT2D eigenvalue weighted by atomic mass is 9.89. The normalized spacial score (nSPS) is 23.0. The molecule has 27 heteroatoms. The predicted octanol–water partition coefficient (Wildman–Crippen LogP) is -0.0235. The van der Waals surface area contributed by atoms with Crippen molar-refractivity contribution in [1.82, 2.24) is 58.2 Å². The second-order valence-electron chi connectivity index (χ2n) is 25.4. The van der Waals surface area contributed by atoms with Gasteiger partial charge >= 0.3 is 0 Å². The molecule has 1 aromatic carbocycles. The standard InChI is InChI=1S/C67H99N13O14/c1-38(2)31-48-36-72-51(27-28-54(68)83)58(87)57(86)43(7)76-64(93)52(32-47-35-71-50-26-22-21-25-49(47)50)73-37-53(82)66(11,74-34-40(4)81)29-23-19-17-15-13-14-16-18-20-24-30-67(12,80-63(48)92)65(94)79-46(10)62(91)78-45(9)61(90)77-44(8)60(89)75-42(6)56(85)55(84)41(5)70-33-39(3)59(69)88/h21-22,25-26,35,38-39,41-46,48,51-52,70-74H,17-20,23-24,27-34,36-37H2,1-12H3,(H2,68,83)(H2,69,88)(H,75,89)(H,76,93)(H,77,90)(H,78,91)(H,79,94)(H,80,92)/t39-,41-,42-,43?,44?,45-,46?,48+,51-,52-,66+,67-/m0/s1. The first-order valence-electron chi connectivity index (χ1n) is 32.2. The topological polar surface area (TPSA) is 427 Å². The Morgan fingerprint density at radius 1 is 0.681 bits per heavy atom. The van der Waals surface area contributed by atoms with Crippen LogP contribution in [0.25, 0.3) is 10.9 Å². The smallest absolute Gasteiger partial charge is 0.246 e. The lowest BCUT2D eigenvalue weighted by molar-refractivity contribution is -0.140. The molecule has 516 valence electrons. The number of aromatic amines is 1. The summed E-state index contributed by atoms with van der Waals surface area (Å²) >= 11 is 0. The molecule has 0 aliphatic carbocycles. The van der Waals surface area contributed by atoms with Gasteiger partial charge in [0, 0.05) is 55.4 Å². The van der Waals surface area contributed by atoms with Crippen LogP contribution in [0.3, 0.4) is 0 Å². The highest BCUT2D eigenvalue weighted by molar-refractivity contribution is 6.41. The van der Waals surface area contributed by atoms with Crippen LogP contribution in [0.4, 0.5) is 0 Å². The van der Waals surface area contributed by atoms with Crippen LogP contribution in [-0.2, 0) is 73.5 Å². The van der Waals surface area contributed by atoms with Crippen molar-refractivity contribution in [2.24, 2.45) is 29.2 Å². The van der Waals surface area contributed by atoms with Crippen molar-refractivity contribution in [2.75, 3.05) is 26.2 Å². The lowest BCUT2D eigenvalue weighted by Gasteiger charge is -2.33. The fraction of sp³-hybridized carbons (Fsp3) is 0.612. The number of Topliss-reactive ketones (excluding diaryl/α,β-unsaturated/α-hetero) is 6. The van der Waals surface area contributed by atoms with Gasteiger partial charge < -0.3 is 59.0 Å². The van der Waals surface area contributed by atoms with Crippen LogP contribution in [-0.4, -0.2) is 173 Å². The van der Waals surface area contributed by atoms with E-state index in [9.17, 15) is 67.1 Å². The van der Waals surface area contributed by atoms with E-state index in [-0.39, 0.29) is 75.8 Å². The average molecular weight is 1310 g/mol. The summed E-state index contributed by atoms with van der Waals surface area (Å²) in [6, 6.07) is -2.70. The van der Waals surface area contributed by atoms with Gasteiger partial charge in [-0.1, -0.05) is 57.2 Å². The molecule has 94 heavy (non-hydrogen) atoms. The van der Waals surface area contributed by atoms with E-state index in [1.165, 1.54) is 55.4 Å². The Morgan fingerprint density at radius 2 is 1.24 bits per heavy atom. The number of ketones is 6. The first-order valence-corrected chi connectivity index (χ1v) is 32.2. The summed E-state index contributed by atoms with van der Waals surface area (Å²) in [5, 5.41) is 28.3. The summed E-state index contributed by atoms with van der Waals surface area (Å²) in [7, 11) is 0. The third kappa shape index (κ3) is 26.1. The van der Waals surface area contributed by atoms with E-state index in [4.69, 9.17) is 11.5 Å². The quantitative estimate of drug-likeness (QED) is 0.0459. The molecule has 1 aromatic heterocycles. The Hall–Kier alpha value is -8.50. The van der Waals surface area contributed by atoms with Gasteiger partial charge in [-0.2, -0.15) is 0 Å². The molecule has 1 aliphatic rings. The fourth-order valence-corrected chi connectivity index (χ4v) is 10.2. The molecule has 27 nitrogen and oxygen atoms in total. The Bertz CT molecular complexity index is 3210. The molecule has 12 atom stereocenters. The molecule has 3 unspecified atom stereocenters. The van der Waals surface area contributed by atoms with Crippen LogP contribution in [0.2, 0.25) is 0 Å². The third-order valence-corrected chi connectivity index (χ3v) is 16.4. The first kappa shape index (κ1) is 79.7. The molecule has 3 rings (SSSR count). The minimum Gasteiger partial charge on any atom is -0.370 e. The van der Waals surface area contributed by atoms with Gasteiger partial charge in [-0.25, -0.2) is 0 Å². The zero-order chi connectivity index (χ0) is 70.6. The van der Waals surface area contributed by atoms with Gasteiger partial charge in [0.25, 0.3) is 0 Å². The van der Waals surface area contributed by atoms with Gasteiger partial charge in [-0.15, -0.1) is 0 Å². The number of hydrogen-bond donors (Lipinski definition) is 13. The monoisotopic (exact) mass is 1310 g/mol. The van der Waals surface area contributed by atoms with E-state index in [2.05, 4.69) is 81.8 Å². The highest BCUT2D eigenvalue weighted by Gasteiger charge is 2.40. The second-order valence-corrected chi connectivity index (χ2v) is 25.4. The van der Waals surface area contributed by atoms with Gasteiger partial charge in [-0.05, 0) is 143 Å². The Balaban J connectivity index is 1.92. The molecule has 1 aliphatic heterocycles. The number of carbonyl (C=O) groups is 14. The maximum Gasteiger partial charge on any atom is 0.246 e. The number of hydrogen-bond acceptors (Lipinski definition) is 18. The van der Waals surface area contributed by atoms with Crippen molar-refractivity contribution in [3.8, 4) is 23.7 Å².